The number of rotatable bonds is 3. The zero-order valence-electron chi connectivity index (χ0n) is 11.7. The summed E-state index contributed by atoms with van der Waals surface area (Å²) in [7, 11) is 1.97. The van der Waals surface area contributed by atoms with Gasteiger partial charge in [-0.1, -0.05) is 0 Å². The first-order valence-corrected chi connectivity index (χ1v) is 6.96. The lowest BCUT2D eigenvalue weighted by Crippen LogP contribution is -2.38. The van der Waals surface area contributed by atoms with E-state index in [-0.39, 0.29) is 17.2 Å². The second-order valence-corrected chi connectivity index (χ2v) is 5.50. The third kappa shape index (κ3) is 2.42. The van der Waals surface area contributed by atoms with Crippen LogP contribution < -0.4 is 10.6 Å². The minimum atomic E-state index is -0.476. The highest BCUT2D eigenvalue weighted by Gasteiger charge is 2.26. The van der Waals surface area contributed by atoms with Gasteiger partial charge in [-0.3, -0.25) is 10.1 Å². The minimum Gasteiger partial charge on any atom is -0.370 e. The normalized spacial score (nSPS) is 22.4. The monoisotopic (exact) mass is 291 g/mol. The van der Waals surface area contributed by atoms with Crippen LogP contribution in [0.4, 0.5) is 11.4 Å². The van der Waals surface area contributed by atoms with E-state index in [9.17, 15) is 10.1 Å². The molecular weight excluding hydrogens is 274 g/mol. The zero-order valence-corrected chi connectivity index (χ0v) is 11.7. The van der Waals surface area contributed by atoms with Crippen LogP contribution in [0.5, 0.6) is 0 Å². The van der Waals surface area contributed by atoms with Gasteiger partial charge in [-0.25, -0.2) is 4.63 Å². The molecule has 3 rings (SSSR count). The highest BCUT2D eigenvalue weighted by molar-refractivity contribution is 5.93. The van der Waals surface area contributed by atoms with Crippen molar-refractivity contribution in [3.05, 3.63) is 22.2 Å². The van der Waals surface area contributed by atoms with Gasteiger partial charge in [0.15, 0.2) is 5.52 Å². The fourth-order valence-electron chi connectivity index (χ4n) is 2.96. The highest BCUT2D eigenvalue weighted by Crippen LogP contribution is 2.33. The first-order chi connectivity index (χ1) is 10.1. The van der Waals surface area contributed by atoms with Gasteiger partial charge in [0.05, 0.1) is 10.6 Å². The predicted octanol–water partition coefficient (Wildman–Crippen LogP) is 1.84. The SMILES string of the molecule is CN(c1ccc([N+](=O)[O-])c2nonc12)C1CCC(N)CC1. The molecule has 21 heavy (non-hydrogen) atoms. The Hall–Kier alpha value is -2.22. The molecule has 1 saturated carbocycles. The molecule has 0 bridgehead atoms. The molecule has 0 saturated heterocycles. The third-order valence-electron chi connectivity index (χ3n) is 4.24. The van der Waals surface area contributed by atoms with Gasteiger partial charge in [0.25, 0.3) is 0 Å². The fourth-order valence-corrected chi connectivity index (χ4v) is 2.96. The maximum Gasteiger partial charge on any atom is 0.300 e. The lowest BCUT2D eigenvalue weighted by molar-refractivity contribution is -0.383. The Morgan fingerprint density at radius 1 is 1.29 bits per heavy atom. The van der Waals surface area contributed by atoms with Crippen LogP contribution in [0.3, 0.4) is 0 Å². The summed E-state index contributed by atoms with van der Waals surface area (Å²) in [5.74, 6) is 0. The van der Waals surface area contributed by atoms with Crippen molar-refractivity contribution in [1.82, 2.24) is 10.3 Å². The Bertz CT molecular complexity index is 663. The van der Waals surface area contributed by atoms with Crippen molar-refractivity contribution in [2.75, 3.05) is 11.9 Å². The van der Waals surface area contributed by atoms with Gasteiger partial charge >= 0.3 is 5.69 Å². The van der Waals surface area contributed by atoms with Gasteiger partial charge in [0, 0.05) is 25.2 Å². The summed E-state index contributed by atoms with van der Waals surface area (Å²) in [5.41, 5.74) is 7.27. The average Bonchev–Trinajstić information content (AvgIpc) is 2.95. The highest BCUT2D eigenvalue weighted by atomic mass is 16.6. The number of aromatic nitrogens is 2. The summed E-state index contributed by atoms with van der Waals surface area (Å²) < 4.78 is 4.70. The number of non-ortho nitro benzene ring substituents is 1. The molecule has 1 aliphatic rings. The van der Waals surface area contributed by atoms with Crippen molar-refractivity contribution in [3.63, 3.8) is 0 Å². The summed E-state index contributed by atoms with van der Waals surface area (Å²) in [5, 5.41) is 18.5. The van der Waals surface area contributed by atoms with Gasteiger partial charge in [-0.05, 0) is 42.1 Å². The number of nitrogens with two attached hydrogens (primary N) is 1. The number of hydrogen-bond donors (Lipinski definition) is 1. The second-order valence-electron chi connectivity index (χ2n) is 5.50. The molecule has 0 radical (unpaired) electrons. The number of hydrogen-bond acceptors (Lipinski definition) is 7. The molecule has 0 atom stereocenters. The number of benzene rings is 1. The molecule has 1 heterocycles. The smallest absolute Gasteiger partial charge is 0.300 e. The minimum absolute atomic E-state index is 0.0888. The molecule has 0 aliphatic heterocycles. The van der Waals surface area contributed by atoms with E-state index in [0.29, 0.717) is 11.6 Å². The average molecular weight is 291 g/mol. The summed E-state index contributed by atoms with van der Waals surface area (Å²) in [6.07, 6.45) is 3.98. The van der Waals surface area contributed by atoms with E-state index >= 15 is 0 Å². The first kappa shape index (κ1) is 13.7. The Balaban J connectivity index is 1.95. The topological polar surface area (TPSA) is 111 Å². The van der Waals surface area contributed by atoms with E-state index in [4.69, 9.17) is 10.4 Å². The largest absolute Gasteiger partial charge is 0.370 e. The Morgan fingerprint density at radius 2 is 1.95 bits per heavy atom. The van der Waals surface area contributed by atoms with Crippen LogP contribution in [-0.4, -0.2) is 34.4 Å². The Kier molecular flexibility index (Phi) is 3.46. The van der Waals surface area contributed by atoms with Crippen LogP contribution in [-0.2, 0) is 0 Å². The van der Waals surface area contributed by atoms with E-state index in [0.717, 1.165) is 31.4 Å². The molecule has 8 nitrogen and oxygen atoms in total. The van der Waals surface area contributed by atoms with Crippen LogP contribution >= 0.6 is 0 Å². The predicted molar refractivity (Wildman–Crippen MR) is 77.1 cm³/mol. The number of fused-ring (bicyclic) bond motifs is 1. The van der Waals surface area contributed by atoms with Crippen molar-refractivity contribution in [1.29, 1.82) is 0 Å². The summed E-state index contributed by atoms with van der Waals surface area (Å²) >= 11 is 0. The fraction of sp³-hybridized carbons (Fsp3) is 0.538. The number of nitrogens with zero attached hydrogens (tertiary/aromatic N) is 4. The molecule has 1 aromatic carbocycles. The van der Waals surface area contributed by atoms with Crippen LogP contribution in [0.15, 0.2) is 16.8 Å². The van der Waals surface area contributed by atoms with Crippen molar-refractivity contribution in [2.45, 2.75) is 37.8 Å². The summed E-state index contributed by atoms with van der Waals surface area (Å²) in [6, 6.07) is 3.79. The van der Waals surface area contributed by atoms with Crippen LogP contribution in [0.1, 0.15) is 25.7 Å². The zero-order chi connectivity index (χ0) is 15.0. The van der Waals surface area contributed by atoms with Crippen molar-refractivity contribution in [2.24, 2.45) is 5.73 Å². The number of nitro groups is 1. The molecule has 1 aromatic heterocycles. The third-order valence-corrected chi connectivity index (χ3v) is 4.24. The maximum absolute atomic E-state index is 11.0. The van der Waals surface area contributed by atoms with Gasteiger partial charge in [0.1, 0.15) is 0 Å². The van der Waals surface area contributed by atoms with E-state index in [1.165, 1.54) is 6.07 Å². The van der Waals surface area contributed by atoms with Gasteiger partial charge in [-0.15, -0.1) is 0 Å². The molecule has 0 amide bonds. The standard InChI is InChI=1S/C13H17N5O3/c1-17(9-4-2-8(14)3-5-9)10-6-7-11(18(19)20)13-12(10)15-21-16-13/h6-9H,2-5,14H2,1H3. The van der Waals surface area contributed by atoms with E-state index in [1.807, 2.05) is 7.05 Å². The quantitative estimate of drug-likeness (QED) is 0.678. The van der Waals surface area contributed by atoms with Gasteiger partial charge < -0.3 is 10.6 Å². The lowest BCUT2D eigenvalue weighted by atomic mass is 9.90. The van der Waals surface area contributed by atoms with Gasteiger partial charge in [0.2, 0.25) is 5.52 Å². The van der Waals surface area contributed by atoms with Crippen LogP contribution in [0.25, 0.3) is 11.0 Å². The van der Waals surface area contributed by atoms with Gasteiger partial charge in [-0.2, -0.15) is 0 Å². The van der Waals surface area contributed by atoms with Crippen molar-refractivity contribution < 1.29 is 9.55 Å². The summed E-state index contributed by atoms with van der Waals surface area (Å²) in [6.45, 7) is 0. The molecule has 0 spiro atoms. The van der Waals surface area contributed by atoms with Crippen LogP contribution in [0, 0.1) is 10.1 Å². The first-order valence-electron chi connectivity index (χ1n) is 6.96. The van der Waals surface area contributed by atoms with Crippen LogP contribution in [0.2, 0.25) is 0 Å². The second kappa shape index (κ2) is 5.28. The molecule has 2 N–H and O–H groups in total. The van der Waals surface area contributed by atoms with E-state index in [1.54, 1.807) is 6.07 Å². The Labute approximate surface area is 121 Å². The number of anilines is 1. The molecule has 2 aromatic rings. The molecular formula is C13H17N5O3. The lowest BCUT2D eigenvalue weighted by Gasteiger charge is -2.34. The molecule has 1 aliphatic carbocycles. The molecule has 112 valence electrons. The number of nitro benzene ring substituents is 1. The maximum atomic E-state index is 11.0. The van der Waals surface area contributed by atoms with E-state index < -0.39 is 4.92 Å². The molecule has 1 fully saturated rings. The molecule has 0 unspecified atom stereocenters. The van der Waals surface area contributed by atoms with Crippen molar-refractivity contribution in [3.8, 4) is 0 Å². The van der Waals surface area contributed by atoms with Crippen molar-refractivity contribution >= 4 is 22.4 Å². The molecule has 8 heteroatoms. The Morgan fingerprint density at radius 3 is 2.62 bits per heavy atom. The summed E-state index contributed by atoms with van der Waals surface area (Å²) in [4.78, 5) is 12.6. The van der Waals surface area contributed by atoms with E-state index in [2.05, 4.69) is 15.2 Å².